The van der Waals surface area contributed by atoms with E-state index in [4.69, 9.17) is 0 Å². The number of carbonyl (C=O) groups is 2. The minimum Gasteiger partial charge on any atom is -0.480 e. The number of carboxylic acids is 1. The van der Waals surface area contributed by atoms with Gasteiger partial charge in [-0.2, -0.15) is 0 Å². The highest BCUT2D eigenvalue weighted by atomic mass is 16.4. The smallest absolute Gasteiger partial charge is 0.329 e. The molecule has 18 heavy (non-hydrogen) atoms. The van der Waals surface area contributed by atoms with Gasteiger partial charge in [0.05, 0.1) is 0 Å². The molecule has 5 nitrogen and oxygen atoms in total. The number of aliphatic carboxylic acids is 1. The zero-order chi connectivity index (χ0) is 13.6. The molecule has 1 aliphatic carbocycles. The number of carbonyl (C=O) groups excluding carboxylic acids is 1. The monoisotopic (exact) mass is 254 g/mol. The molecule has 0 saturated heterocycles. The Kier molecular flexibility index (Phi) is 5.19. The molecule has 0 heterocycles. The van der Waals surface area contributed by atoms with E-state index in [1.54, 1.807) is 0 Å². The Labute approximate surface area is 108 Å². The van der Waals surface area contributed by atoms with Gasteiger partial charge in [-0.05, 0) is 19.3 Å². The Morgan fingerprint density at radius 2 is 1.89 bits per heavy atom. The van der Waals surface area contributed by atoms with E-state index in [-0.39, 0.29) is 0 Å². The molecule has 1 fully saturated rings. The van der Waals surface area contributed by atoms with Crippen molar-refractivity contribution in [3.63, 3.8) is 0 Å². The van der Waals surface area contributed by atoms with Gasteiger partial charge < -0.3 is 15.7 Å². The average Bonchev–Trinajstić information content (AvgIpc) is 2.36. The topological polar surface area (TPSA) is 78.4 Å². The summed E-state index contributed by atoms with van der Waals surface area (Å²) in [5.74, 6) is -0.938. The summed E-state index contributed by atoms with van der Waals surface area (Å²) < 4.78 is 0. The second-order valence-electron chi connectivity index (χ2n) is 4.86. The third kappa shape index (κ3) is 3.75. The summed E-state index contributed by atoms with van der Waals surface area (Å²) in [4.78, 5) is 23.1. The van der Waals surface area contributed by atoms with Crippen LogP contribution in [0.4, 0.5) is 4.79 Å². The molecular formula is C13H22N2O3. The van der Waals surface area contributed by atoms with E-state index in [9.17, 15) is 14.7 Å². The molecule has 1 saturated carbocycles. The van der Waals surface area contributed by atoms with Gasteiger partial charge in [0.2, 0.25) is 0 Å². The van der Waals surface area contributed by atoms with Crippen molar-refractivity contribution in [2.75, 3.05) is 6.54 Å². The zero-order valence-corrected chi connectivity index (χ0v) is 10.9. The predicted octanol–water partition coefficient (Wildman–Crippen LogP) is 2.04. The predicted molar refractivity (Wildman–Crippen MR) is 69.4 cm³/mol. The Morgan fingerprint density at radius 1 is 1.28 bits per heavy atom. The van der Waals surface area contributed by atoms with Crippen LogP contribution in [0.3, 0.4) is 0 Å². The summed E-state index contributed by atoms with van der Waals surface area (Å²) in [5, 5.41) is 14.6. The molecule has 3 N–H and O–H groups in total. The van der Waals surface area contributed by atoms with E-state index in [1.807, 2.05) is 6.92 Å². The summed E-state index contributed by atoms with van der Waals surface area (Å²) in [7, 11) is 0. The summed E-state index contributed by atoms with van der Waals surface area (Å²) in [5.41, 5.74) is -0.172. The van der Waals surface area contributed by atoms with Crippen molar-refractivity contribution < 1.29 is 14.7 Å². The SMILES string of the molecule is C=C(CC)CNC(=O)NC1(C(=O)O)CCCCC1. The molecule has 2 amide bonds. The van der Waals surface area contributed by atoms with Crippen molar-refractivity contribution in [2.24, 2.45) is 0 Å². The van der Waals surface area contributed by atoms with Gasteiger partial charge in [0.1, 0.15) is 5.54 Å². The maximum Gasteiger partial charge on any atom is 0.329 e. The van der Waals surface area contributed by atoms with Crippen LogP contribution in [0.5, 0.6) is 0 Å². The molecule has 5 heteroatoms. The highest BCUT2D eigenvalue weighted by molar-refractivity contribution is 5.86. The van der Waals surface area contributed by atoms with E-state index in [0.29, 0.717) is 19.4 Å². The lowest BCUT2D eigenvalue weighted by Gasteiger charge is -2.33. The summed E-state index contributed by atoms with van der Waals surface area (Å²) in [6.45, 7) is 6.13. The first kappa shape index (κ1) is 14.5. The van der Waals surface area contributed by atoms with Gasteiger partial charge in [0, 0.05) is 6.54 Å². The van der Waals surface area contributed by atoms with Gasteiger partial charge in [0.15, 0.2) is 0 Å². The second-order valence-corrected chi connectivity index (χ2v) is 4.86. The van der Waals surface area contributed by atoms with Crippen LogP contribution in [-0.4, -0.2) is 29.2 Å². The summed E-state index contributed by atoms with van der Waals surface area (Å²) in [6, 6.07) is -0.422. The molecule has 1 aliphatic rings. The fraction of sp³-hybridized carbons (Fsp3) is 0.692. The van der Waals surface area contributed by atoms with Crippen LogP contribution < -0.4 is 10.6 Å². The quantitative estimate of drug-likeness (QED) is 0.657. The van der Waals surface area contributed by atoms with Gasteiger partial charge >= 0.3 is 12.0 Å². The average molecular weight is 254 g/mol. The van der Waals surface area contributed by atoms with Gasteiger partial charge in [-0.25, -0.2) is 9.59 Å². The number of nitrogens with one attached hydrogen (secondary N) is 2. The number of rotatable bonds is 5. The molecule has 0 radical (unpaired) electrons. The Hall–Kier alpha value is -1.52. The van der Waals surface area contributed by atoms with Crippen LogP contribution in [0.2, 0.25) is 0 Å². The molecule has 0 aromatic carbocycles. The fourth-order valence-corrected chi connectivity index (χ4v) is 2.14. The normalized spacial score (nSPS) is 17.8. The largest absolute Gasteiger partial charge is 0.480 e. The standard InChI is InChI=1S/C13H22N2O3/c1-3-10(2)9-14-12(18)15-13(11(16)17)7-5-4-6-8-13/h2-9H2,1H3,(H,16,17)(H2,14,15,18). The molecule has 0 atom stereocenters. The van der Waals surface area contributed by atoms with E-state index in [1.165, 1.54) is 0 Å². The Balaban J connectivity index is 2.53. The molecule has 102 valence electrons. The summed E-state index contributed by atoms with van der Waals surface area (Å²) >= 11 is 0. The lowest BCUT2D eigenvalue weighted by atomic mass is 9.82. The van der Waals surface area contributed by atoms with Crippen LogP contribution in [0.15, 0.2) is 12.2 Å². The lowest BCUT2D eigenvalue weighted by molar-refractivity contribution is -0.145. The maximum absolute atomic E-state index is 11.7. The molecule has 1 rings (SSSR count). The molecule has 0 spiro atoms. The van der Waals surface area contributed by atoms with Crippen LogP contribution in [0.1, 0.15) is 45.4 Å². The Morgan fingerprint density at radius 3 is 2.39 bits per heavy atom. The molecular weight excluding hydrogens is 232 g/mol. The van der Waals surface area contributed by atoms with E-state index in [2.05, 4.69) is 17.2 Å². The van der Waals surface area contributed by atoms with Crippen molar-refractivity contribution in [1.82, 2.24) is 10.6 Å². The molecule has 0 bridgehead atoms. The third-order valence-corrected chi connectivity index (χ3v) is 3.47. The van der Waals surface area contributed by atoms with Crippen LogP contribution in [-0.2, 0) is 4.79 Å². The minimum absolute atomic E-state index is 0.387. The van der Waals surface area contributed by atoms with Crippen LogP contribution in [0.25, 0.3) is 0 Å². The van der Waals surface area contributed by atoms with Crippen molar-refractivity contribution in [3.05, 3.63) is 12.2 Å². The second kappa shape index (κ2) is 6.42. The number of amides is 2. The van der Waals surface area contributed by atoms with Gasteiger partial charge in [-0.1, -0.05) is 38.3 Å². The van der Waals surface area contributed by atoms with Crippen LogP contribution in [0, 0.1) is 0 Å². The molecule has 0 aliphatic heterocycles. The number of carboxylic acid groups (broad SMARTS) is 1. The third-order valence-electron chi connectivity index (χ3n) is 3.47. The summed E-state index contributed by atoms with van der Waals surface area (Å²) in [6.07, 6.45) is 4.52. The van der Waals surface area contributed by atoms with Crippen molar-refractivity contribution >= 4 is 12.0 Å². The van der Waals surface area contributed by atoms with E-state index < -0.39 is 17.5 Å². The highest BCUT2D eigenvalue weighted by Gasteiger charge is 2.40. The Bertz CT molecular complexity index is 333. The van der Waals surface area contributed by atoms with Gasteiger partial charge in [-0.15, -0.1) is 0 Å². The van der Waals surface area contributed by atoms with Crippen LogP contribution >= 0.6 is 0 Å². The van der Waals surface area contributed by atoms with Crippen molar-refractivity contribution in [3.8, 4) is 0 Å². The number of hydrogen-bond donors (Lipinski definition) is 3. The number of urea groups is 1. The zero-order valence-electron chi connectivity index (χ0n) is 10.9. The van der Waals surface area contributed by atoms with Gasteiger partial charge in [-0.3, -0.25) is 0 Å². The fourth-order valence-electron chi connectivity index (χ4n) is 2.14. The van der Waals surface area contributed by atoms with E-state index >= 15 is 0 Å². The lowest BCUT2D eigenvalue weighted by Crippen LogP contribution is -2.58. The minimum atomic E-state index is -1.09. The highest BCUT2D eigenvalue weighted by Crippen LogP contribution is 2.28. The first-order chi connectivity index (χ1) is 8.50. The first-order valence-corrected chi connectivity index (χ1v) is 6.46. The molecule has 0 aromatic rings. The molecule has 0 aromatic heterocycles. The molecule has 0 unspecified atom stereocenters. The van der Waals surface area contributed by atoms with Gasteiger partial charge in [0.25, 0.3) is 0 Å². The maximum atomic E-state index is 11.7. The first-order valence-electron chi connectivity index (χ1n) is 6.46. The van der Waals surface area contributed by atoms with Crippen molar-refractivity contribution in [2.45, 2.75) is 51.0 Å². The van der Waals surface area contributed by atoms with Crippen molar-refractivity contribution in [1.29, 1.82) is 0 Å². The van der Waals surface area contributed by atoms with E-state index in [0.717, 1.165) is 31.3 Å². The number of hydrogen-bond acceptors (Lipinski definition) is 2.